The minimum Gasteiger partial charge on any atom is -0.462 e. The third kappa shape index (κ3) is 48.7. The first-order valence-electron chi connectivity index (χ1n) is 25.0. The normalized spacial score (nSPS) is 13.1. The SMILES string of the molecule is CC/C=C\C/C=C\C/C=C\C/C=C\C/C=C\C/C=C\CCC(=O)OC[C@H](COC(=O)CCCCCCCCCCCCC)OC(=O)CCCC/C=C\C/C=C\C/C=C\C/C=C\CC. The highest BCUT2D eigenvalue weighted by atomic mass is 16.6. The van der Waals surface area contributed by atoms with Gasteiger partial charge in [-0.2, -0.15) is 0 Å². The summed E-state index contributed by atoms with van der Waals surface area (Å²) in [6, 6.07) is 0. The Morgan fingerprint density at radius 2 is 0.651 bits per heavy atom. The van der Waals surface area contributed by atoms with Gasteiger partial charge >= 0.3 is 17.9 Å². The summed E-state index contributed by atoms with van der Waals surface area (Å²) in [6.07, 6.45) is 69.1. The van der Waals surface area contributed by atoms with Gasteiger partial charge in [-0.3, -0.25) is 14.4 Å². The molecular formula is C57H90O6. The minimum absolute atomic E-state index is 0.120. The van der Waals surface area contributed by atoms with Crippen LogP contribution in [0.3, 0.4) is 0 Å². The van der Waals surface area contributed by atoms with Gasteiger partial charge in [0.05, 0.1) is 0 Å². The lowest BCUT2D eigenvalue weighted by atomic mass is 10.1. The molecule has 0 saturated carbocycles. The zero-order chi connectivity index (χ0) is 45.8. The average molecular weight is 871 g/mol. The van der Waals surface area contributed by atoms with Crippen LogP contribution in [0.25, 0.3) is 0 Å². The Morgan fingerprint density at radius 3 is 1.06 bits per heavy atom. The average Bonchev–Trinajstić information content (AvgIpc) is 3.28. The highest BCUT2D eigenvalue weighted by Gasteiger charge is 2.19. The molecule has 0 aliphatic heterocycles. The molecule has 0 aromatic carbocycles. The highest BCUT2D eigenvalue weighted by molar-refractivity contribution is 5.71. The third-order valence-corrected chi connectivity index (χ3v) is 9.98. The number of esters is 3. The molecule has 0 amide bonds. The first-order chi connectivity index (χ1) is 31.0. The van der Waals surface area contributed by atoms with Gasteiger partial charge in [0, 0.05) is 19.3 Å². The van der Waals surface area contributed by atoms with Crippen LogP contribution in [-0.4, -0.2) is 37.2 Å². The molecule has 0 aromatic rings. The van der Waals surface area contributed by atoms with Gasteiger partial charge in [0.15, 0.2) is 6.10 Å². The van der Waals surface area contributed by atoms with Crippen LogP contribution in [0.15, 0.2) is 122 Å². The Balaban J connectivity index is 4.57. The molecule has 0 bridgehead atoms. The number of allylic oxidation sites excluding steroid dienone is 20. The van der Waals surface area contributed by atoms with Crippen LogP contribution in [0.5, 0.6) is 0 Å². The predicted octanol–water partition coefficient (Wildman–Crippen LogP) is 16.5. The Bertz CT molecular complexity index is 1370. The molecule has 0 rings (SSSR count). The van der Waals surface area contributed by atoms with Crippen LogP contribution in [-0.2, 0) is 28.6 Å². The standard InChI is InChI=1S/C57H90O6/c1-4-7-10-13-16-19-22-24-26-27-28-29-31-32-35-38-41-44-47-50-56(59)62-53-54(52-61-55(58)49-46-43-40-37-34-21-18-15-12-9-6-3)63-57(60)51-48-45-42-39-36-33-30-25-23-20-17-14-11-8-5-2/h7-8,10-11,16-17,19-20,24-26,28-30,32,35-36,39,41,44,54H,4-6,9,12-15,18,21-23,27,31,33-34,37-38,40,42-43,45-53H2,1-3H3/b10-7-,11-8-,19-16-,20-17-,26-24-,29-28-,30-25-,35-32-,39-36-,44-41-/t54-/m0/s1. The Hall–Kier alpha value is -4.19. The van der Waals surface area contributed by atoms with Crippen molar-refractivity contribution in [3.63, 3.8) is 0 Å². The Labute approximate surface area is 386 Å². The van der Waals surface area contributed by atoms with Gasteiger partial charge in [-0.25, -0.2) is 0 Å². The Kier molecular flexibility index (Phi) is 47.1. The van der Waals surface area contributed by atoms with Crippen molar-refractivity contribution in [2.45, 2.75) is 207 Å². The molecule has 6 nitrogen and oxygen atoms in total. The molecule has 0 saturated heterocycles. The van der Waals surface area contributed by atoms with E-state index in [1.54, 1.807) is 0 Å². The summed E-state index contributed by atoms with van der Waals surface area (Å²) in [5, 5.41) is 0. The van der Waals surface area contributed by atoms with Crippen molar-refractivity contribution in [1.29, 1.82) is 0 Å². The number of unbranched alkanes of at least 4 members (excludes halogenated alkanes) is 12. The zero-order valence-corrected chi connectivity index (χ0v) is 40.3. The first-order valence-corrected chi connectivity index (χ1v) is 25.0. The quantitative estimate of drug-likeness (QED) is 0.0263. The summed E-state index contributed by atoms with van der Waals surface area (Å²) in [7, 11) is 0. The molecule has 0 N–H and O–H groups in total. The van der Waals surface area contributed by atoms with Crippen LogP contribution in [0.4, 0.5) is 0 Å². The molecular weight excluding hydrogens is 781 g/mol. The van der Waals surface area contributed by atoms with Crippen LogP contribution < -0.4 is 0 Å². The number of hydrogen-bond donors (Lipinski definition) is 0. The van der Waals surface area contributed by atoms with E-state index in [-0.39, 0.29) is 44.0 Å². The smallest absolute Gasteiger partial charge is 0.306 e. The van der Waals surface area contributed by atoms with Gasteiger partial charge in [-0.05, 0) is 96.3 Å². The lowest BCUT2D eigenvalue weighted by Crippen LogP contribution is -2.30. The third-order valence-electron chi connectivity index (χ3n) is 9.98. The summed E-state index contributed by atoms with van der Waals surface area (Å²) in [5.41, 5.74) is 0. The van der Waals surface area contributed by atoms with Crippen LogP contribution in [0, 0.1) is 0 Å². The summed E-state index contributed by atoms with van der Waals surface area (Å²) < 4.78 is 16.7. The highest BCUT2D eigenvalue weighted by Crippen LogP contribution is 2.13. The number of ether oxygens (including phenoxy) is 3. The van der Waals surface area contributed by atoms with E-state index in [0.717, 1.165) is 96.3 Å². The molecule has 0 aliphatic carbocycles. The minimum atomic E-state index is -0.831. The van der Waals surface area contributed by atoms with E-state index in [1.807, 2.05) is 12.2 Å². The first kappa shape index (κ1) is 58.8. The molecule has 0 unspecified atom stereocenters. The lowest BCUT2D eigenvalue weighted by Gasteiger charge is -2.18. The van der Waals surface area contributed by atoms with Crippen LogP contribution in [0.1, 0.15) is 201 Å². The molecule has 0 fully saturated rings. The van der Waals surface area contributed by atoms with Gasteiger partial charge in [0.1, 0.15) is 13.2 Å². The van der Waals surface area contributed by atoms with E-state index in [9.17, 15) is 14.4 Å². The van der Waals surface area contributed by atoms with E-state index >= 15 is 0 Å². The number of hydrogen-bond acceptors (Lipinski definition) is 6. The topological polar surface area (TPSA) is 78.9 Å². The summed E-state index contributed by atoms with van der Waals surface area (Å²) in [6.45, 7) is 6.28. The van der Waals surface area contributed by atoms with Crippen LogP contribution >= 0.6 is 0 Å². The molecule has 0 radical (unpaired) electrons. The van der Waals surface area contributed by atoms with E-state index in [2.05, 4.69) is 130 Å². The molecule has 0 aromatic heterocycles. The maximum Gasteiger partial charge on any atom is 0.306 e. The van der Waals surface area contributed by atoms with Gasteiger partial charge in [0.25, 0.3) is 0 Å². The van der Waals surface area contributed by atoms with Gasteiger partial charge in [-0.1, -0.05) is 206 Å². The van der Waals surface area contributed by atoms with E-state index in [1.165, 1.54) is 51.4 Å². The van der Waals surface area contributed by atoms with Crippen molar-refractivity contribution in [3.8, 4) is 0 Å². The largest absolute Gasteiger partial charge is 0.462 e. The molecule has 0 heterocycles. The maximum absolute atomic E-state index is 12.8. The second-order valence-corrected chi connectivity index (χ2v) is 16.0. The van der Waals surface area contributed by atoms with Gasteiger partial charge in [-0.15, -0.1) is 0 Å². The van der Waals surface area contributed by atoms with Gasteiger partial charge in [0.2, 0.25) is 0 Å². The summed E-state index contributed by atoms with van der Waals surface area (Å²) >= 11 is 0. The zero-order valence-electron chi connectivity index (χ0n) is 40.3. The molecule has 0 aliphatic rings. The van der Waals surface area contributed by atoms with Crippen molar-refractivity contribution in [3.05, 3.63) is 122 Å². The van der Waals surface area contributed by atoms with E-state index in [0.29, 0.717) is 19.3 Å². The summed E-state index contributed by atoms with van der Waals surface area (Å²) in [4.78, 5) is 37.9. The van der Waals surface area contributed by atoms with E-state index < -0.39 is 6.10 Å². The van der Waals surface area contributed by atoms with Crippen molar-refractivity contribution in [1.82, 2.24) is 0 Å². The predicted molar refractivity (Wildman–Crippen MR) is 269 cm³/mol. The van der Waals surface area contributed by atoms with Crippen molar-refractivity contribution in [2.24, 2.45) is 0 Å². The molecule has 6 heteroatoms. The second kappa shape index (κ2) is 50.5. The van der Waals surface area contributed by atoms with Gasteiger partial charge < -0.3 is 14.2 Å². The number of rotatable bonds is 43. The maximum atomic E-state index is 12.8. The lowest BCUT2D eigenvalue weighted by molar-refractivity contribution is -0.166. The van der Waals surface area contributed by atoms with Crippen molar-refractivity contribution < 1.29 is 28.6 Å². The summed E-state index contributed by atoms with van der Waals surface area (Å²) in [5.74, 6) is -1.06. The fourth-order valence-corrected chi connectivity index (χ4v) is 6.28. The Morgan fingerprint density at radius 1 is 0.333 bits per heavy atom. The fraction of sp³-hybridized carbons (Fsp3) is 0.596. The molecule has 354 valence electrons. The number of carbonyl (C=O) groups excluding carboxylic acids is 3. The van der Waals surface area contributed by atoms with E-state index in [4.69, 9.17) is 14.2 Å². The monoisotopic (exact) mass is 871 g/mol. The molecule has 63 heavy (non-hydrogen) atoms. The second-order valence-electron chi connectivity index (χ2n) is 16.0. The number of carbonyl (C=O) groups is 3. The molecule has 1 atom stereocenters. The van der Waals surface area contributed by atoms with Crippen LogP contribution in [0.2, 0.25) is 0 Å². The fourth-order valence-electron chi connectivity index (χ4n) is 6.28. The van der Waals surface area contributed by atoms with Crippen molar-refractivity contribution in [2.75, 3.05) is 13.2 Å². The molecule has 0 spiro atoms. The van der Waals surface area contributed by atoms with Crippen molar-refractivity contribution >= 4 is 17.9 Å².